The van der Waals surface area contributed by atoms with Crippen LogP contribution in [0.4, 0.5) is 0 Å². The largest absolute Gasteiger partial charge is 0.256 e. The van der Waals surface area contributed by atoms with Crippen LogP contribution in [0.1, 0.15) is 32.0 Å². The van der Waals surface area contributed by atoms with Gasteiger partial charge in [0.15, 0.2) is 0 Å². The van der Waals surface area contributed by atoms with Crippen molar-refractivity contribution in [3.63, 3.8) is 0 Å². The van der Waals surface area contributed by atoms with Crippen molar-refractivity contribution in [3.05, 3.63) is 54.4 Å². The lowest BCUT2D eigenvalue weighted by molar-refractivity contribution is 0.648. The number of hydrogen-bond donors (Lipinski definition) is 0. The highest BCUT2D eigenvalue weighted by Gasteiger charge is 2.22. The molecule has 114 valence electrons. The second-order valence-electron chi connectivity index (χ2n) is 7.08. The van der Waals surface area contributed by atoms with Gasteiger partial charge in [-0.1, -0.05) is 58.8 Å². The Morgan fingerprint density at radius 2 is 1.90 bits per heavy atom. The lowest BCUT2D eigenvalue weighted by Gasteiger charge is -2.22. The summed E-state index contributed by atoms with van der Waals surface area (Å²) in [6, 6.07) is 2.23. The van der Waals surface area contributed by atoms with Crippen molar-refractivity contribution in [2.24, 2.45) is 5.92 Å². The minimum atomic E-state index is -1.37. The Bertz CT molecular complexity index is 559. The van der Waals surface area contributed by atoms with Gasteiger partial charge in [0, 0.05) is 6.20 Å². The van der Waals surface area contributed by atoms with Crippen molar-refractivity contribution < 1.29 is 0 Å². The molecule has 21 heavy (non-hydrogen) atoms. The molecule has 1 nitrogen and oxygen atoms in total. The Hall–Kier alpha value is -1.41. The van der Waals surface area contributed by atoms with E-state index < -0.39 is 8.07 Å². The first-order chi connectivity index (χ1) is 9.66. The maximum absolute atomic E-state index is 4.66. The van der Waals surface area contributed by atoms with Gasteiger partial charge < -0.3 is 0 Å². The van der Waals surface area contributed by atoms with Crippen molar-refractivity contribution >= 4 is 18.8 Å². The van der Waals surface area contributed by atoms with Crippen molar-refractivity contribution in [1.29, 1.82) is 0 Å². The predicted molar refractivity (Wildman–Crippen MR) is 98.7 cm³/mol. The summed E-state index contributed by atoms with van der Waals surface area (Å²) in [5, 5.41) is 1.46. The number of hydrogen-bond acceptors (Lipinski definition) is 1. The molecule has 0 saturated heterocycles. The summed E-state index contributed by atoms with van der Waals surface area (Å²) in [7, 11) is -1.37. The van der Waals surface area contributed by atoms with Gasteiger partial charge in [-0.3, -0.25) is 4.98 Å². The van der Waals surface area contributed by atoms with Gasteiger partial charge in [0.25, 0.3) is 0 Å². The molecular formula is C19H29NSi. The van der Waals surface area contributed by atoms with Crippen LogP contribution >= 0.6 is 0 Å². The van der Waals surface area contributed by atoms with E-state index >= 15 is 0 Å². The van der Waals surface area contributed by atoms with Gasteiger partial charge in [-0.15, -0.1) is 0 Å². The van der Waals surface area contributed by atoms with E-state index in [9.17, 15) is 0 Å². The van der Waals surface area contributed by atoms with Gasteiger partial charge in [0.1, 0.15) is 0 Å². The first-order valence-electron chi connectivity index (χ1n) is 7.67. The Balaban J connectivity index is 3.27. The van der Waals surface area contributed by atoms with Gasteiger partial charge in [-0.25, -0.2) is 0 Å². The summed E-state index contributed by atoms with van der Waals surface area (Å²) >= 11 is 0. The molecular weight excluding hydrogens is 270 g/mol. The summed E-state index contributed by atoms with van der Waals surface area (Å²) in [5.74, 6) is 0.641. The predicted octanol–water partition coefficient (Wildman–Crippen LogP) is 4.97. The molecule has 0 aliphatic rings. The average molecular weight is 300 g/mol. The highest BCUT2D eigenvalue weighted by Crippen LogP contribution is 2.21. The van der Waals surface area contributed by atoms with Gasteiger partial charge in [0.2, 0.25) is 0 Å². The van der Waals surface area contributed by atoms with Crippen LogP contribution in [0.2, 0.25) is 19.6 Å². The van der Waals surface area contributed by atoms with Gasteiger partial charge in [0.05, 0.1) is 13.8 Å². The number of aromatic nitrogens is 1. The Morgan fingerprint density at radius 1 is 1.29 bits per heavy atom. The molecule has 1 heterocycles. The zero-order valence-electron chi connectivity index (χ0n) is 14.5. The molecule has 1 aromatic rings. The molecule has 0 aliphatic carbocycles. The summed E-state index contributed by atoms with van der Waals surface area (Å²) in [6.07, 6.45) is 7.14. The number of nitrogens with zero attached hydrogens (tertiary/aromatic N) is 1. The fourth-order valence-electron chi connectivity index (χ4n) is 2.41. The van der Waals surface area contributed by atoms with E-state index in [2.05, 4.69) is 63.9 Å². The lowest BCUT2D eigenvalue weighted by atomic mass is 9.99. The quantitative estimate of drug-likeness (QED) is 0.534. The second-order valence-corrected chi connectivity index (χ2v) is 12.1. The first kappa shape index (κ1) is 17.6. The van der Waals surface area contributed by atoms with Crippen LogP contribution < -0.4 is 5.19 Å². The van der Waals surface area contributed by atoms with Crippen LogP contribution in [-0.2, 0) is 6.42 Å². The monoisotopic (exact) mass is 299 g/mol. The highest BCUT2D eigenvalue weighted by molar-refractivity contribution is 6.89. The molecule has 0 N–H and O–H groups in total. The molecule has 1 rings (SSSR count). The van der Waals surface area contributed by atoms with Crippen molar-refractivity contribution in [2.75, 3.05) is 0 Å². The Kier molecular flexibility index (Phi) is 5.91. The standard InChI is InChI=1S/C19H29NSi/c1-9-10-15(4)16(5)18-12-17(11-14(2)3)19(13-20-18)21(6,7)8/h9-10,12-14H,4-5,11H2,1-3,6-8H3/b10-9-. The molecule has 0 radical (unpaired) electrons. The third-order valence-corrected chi connectivity index (χ3v) is 5.56. The third-order valence-electron chi connectivity index (χ3n) is 3.49. The molecule has 0 spiro atoms. The Labute approximate surface area is 131 Å². The average Bonchev–Trinajstić information content (AvgIpc) is 2.36. The number of allylic oxidation sites excluding steroid dienone is 4. The maximum atomic E-state index is 4.66. The minimum Gasteiger partial charge on any atom is -0.256 e. The van der Waals surface area contributed by atoms with E-state index in [0.717, 1.165) is 23.3 Å². The van der Waals surface area contributed by atoms with Crippen LogP contribution in [-0.4, -0.2) is 13.1 Å². The summed E-state index contributed by atoms with van der Waals surface area (Å²) < 4.78 is 0. The second kappa shape index (κ2) is 7.03. The minimum absolute atomic E-state index is 0.641. The fraction of sp³-hybridized carbons (Fsp3) is 0.421. The smallest absolute Gasteiger partial charge is 0.0799 e. The first-order valence-corrected chi connectivity index (χ1v) is 11.2. The van der Waals surface area contributed by atoms with E-state index in [0.29, 0.717) is 5.92 Å². The van der Waals surface area contributed by atoms with E-state index in [1.807, 2.05) is 19.1 Å². The van der Waals surface area contributed by atoms with Gasteiger partial charge in [-0.2, -0.15) is 0 Å². The third kappa shape index (κ3) is 4.82. The van der Waals surface area contributed by atoms with E-state index in [1.165, 1.54) is 10.8 Å². The zero-order chi connectivity index (χ0) is 16.2. The van der Waals surface area contributed by atoms with E-state index in [4.69, 9.17) is 0 Å². The summed E-state index contributed by atoms with van der Waals surface area (Å²) in [5.41, 5.74) is 4.24. The van der Waals surface area contributed by atoms with Gasteiger partial charge >= 0.3 is 0 Å². The van der Waals surface area contributed by atoms with Crippen LogP contribution in [0.15, 0.2) is 43.1 Å². The molecule has 0 bridgehead atoms. The number of pyridine rings is 1. The molecule has 0 atom stereocenters. The topological polar surface area (TPSA) is 12.9 Å². The summed E-state index contributed by atoms with van der Waals surface area (Å²) in [4.78, 5) is 4.66. The zero-order valence-corrected chi connectivity index (χ0v) is 15.5. The molecule has 0 unspecified atom stereocenters. The SMILES string of the molecule is C=C(/C=C\C)C(=C)c1cc(CC(C)C)c([Si](C)(C)C)cn1. The van der Waals surface area contributed by atoms with E-state index in [1.54, 1.807) is 0 Å². The normalized spacial score (nSPS) is 12.1. The molecule has 0 amide bonds. The summed E-state index contributed by atoms with van der Waals surface area (Å²) in [6.45, 7) is 21.9. The fourth-order valence-corrected chi connectivity index (χ4v) is 4.00. The van der Waals surface area contributed by atoms with Crippen LogP contribution in [0.3, 0.4) is 0 Å². The highest BCUT2D eigenvalue weighted by atomic mass is 28.3. The molecule has 0 aliphatic heterocycles. The van der Waals surface area contributed by atoms with Gasteiger partial charge in [-0.05, 0) is 47.2 Å². The lowest BCUT2D eigenvalue weighted by Crippen LogP contribution is -2.41. The van der Waals surface area contributed by atoms with Crippen molar-refractivity contribution in [1.82, 2.24) is 4.98 Å². The molecule has 0 fully saturated rings. The Morgan fingerprint density at radius 3 is 2.38 bits per heavy atom. The van der Waals surface area contributed by atoms with Crippen molar-refractivity contribution in [3.8, 4) is 0 Å². The molecule has 2 heteroatoms. The van der Waals surface area contributed by atoms with Crippen LogP contribution in [0, 0.1) is 5.92 Å². The number of rotatable bonds is 6. The maximum Gasteiger partial charge on any atom is 0.0799 e. The van der Waals surface area contributed by atoms with Crippen LogP contribution in [0.25, 0.3) is 5.57 Å². The van der Waals surface area contributed by atoms with Crippen LogP contribution in [0.5, 0.6) is 0 Å². The van der Waals surface area contributed by atoms with Crippen molar-refractivity contribution in [2.45, 2.75) is 46.8 Å². The van der Waals surface area contributed by atoms with E-state index in [-0.39, 0.29) is 0 Å². The molecule has 0 saturated carbocycles. The molecule has 0 aromatic carbocycles. The molecule has 1 aromatic heterocycles.